The second-order valence-corrected chi connectivity index (χ2v) is 4.80. The van der Waals surface area contributed by atoms with Crippen molar-refractivity contribution in [2.75, 3.05) is 6.54 Å². The summed E-state index contributed by atoms with van der Waals surface area (Å²) in [4.78, 5) is 0. The van der Waals surface area contributed by atoms with Gasteiger partial charge >= 0.3 is 0 Å². The molecular formula is C17H20FN. The molecule has 19 heavy (non-hydrogen) atoms. The maximum atomic E-state index is 13.3. The van der Waals surface area contributed by atoms with E-state index in [4.69, 9.17) is 0 Å². The van der Waals surface area contributed by atoms with Crippen LogP contribution in [0.1, 0.15) is 29.7 Å². The Morgan fingerprint density at radius 3 is 2.58 bits per heavy atom. The average Bonchev–Trinajstić information content (AvgIpc) is 2.39. The van der Waals surface area contributed by atoms with Crippen LogP contribution in [-0.4, -0.2) is 6.54 Å². The van der Waals surface area contributed by atoms with Crippen molar-refractivity contribution < 1.29 is 4.39 Å². The van der Waals surface area contributed by atoms with Crippen molar-refractivity contribution >= 4 is 0 Å². The Morgan fingerprint density at radius 2 is 1.89 bits per heavy atom. The van der Waals surface area contributed by atoms with Crippen molar-refractivity contribution in [1.82, 2.24) is 5.32 Å². The molecule has 2 rings (SSSR count). The third-order valence-electron chi connectivity index (χ3n) is 3.34. The summed E-state index contributed by atoms with van der Waals surface area (Å²) in [6.45, 7) is 5.11. The molecule has 1 N–H and O–H groups in total. The smallest absolute Gasteiger partial charge is 0.123 e. The fourth-order valence-corrected chi connectivity index (χ4v) is 2.42. The first-order valence-electron chi connectivity index (χ1n) is 6.74. The predicted molar refractivity (Wildman–Crippen MR) is 77.7 cm³/mol. The highest BCUT2D eigenvalue weighted by Crippen LogP contribution is 2.22. The molecule has 0 bridgehead atoms. The summed E-state index contributed by atoms with van der Waals surface area (Å²) in [5.41, 5.74) is 3.58. The zero-order valence-corrected chi connectivity index (χ0v) is 11.5. The highest BCUT2D eigenvalue weighted by molar-refractivity contribution is 5.30. The summed E-state index contributed by atoms with van der Waals surface area (Å²) in [5.74, 6) is -0.169. The lowest BCUT2D eigenvalue weighted by atomic mass is 9.95. The topological polar surface area (TPSA) is 12.0 Å². The average molecular weight is 257 g/mol. The lowest BCUT2D eigenvalue weighted by Gasteiger charge is -2.20. The highest BCUT2D eigenvalue weighted by atomic mass is 19.1. The molecule has 2 aromatic carbocycles. The highest BCUT2D eigenvalue weighted by Gasteiger charge is 2.13. The van der Waals surface area contributed by atoms with Gasteiger partial charge in [0.15, 0.2) is 0 Å². The van der Waals surface area contributed by atoms with Crippen LogP contribution in [0.15, 0.2) is 48.5 Å². The molecule has 1 nitrogen and oxygen atoms in total. The summed E-state index contributed by atoms with van der Waals surface area (Å²) < 4.78 is 13.3. The van der Waals surface area contributed by atoms with Crippen LogP contribution >= 0.6 is 0 Å². The molecule has 0 aromatic heterocycles. The fourth-order valence-electron chi connectivity index (χ4n) is 2.42. The van der Waals surface area contributed by atoms with Crippen LogP contribution in [0.25, 0.3) is 0 Å². The van der Waals surface area contributed by atoms with E-state index in [1.807, 2.05) is 12.1 Å². The molecule has 1 unspecified atom stereocenters. The van der Waals surface area contributed by atoms with Crippen LogP contribution in [0, 0.1) is 12.7 Å². The lowest BCUT2D eigenvalue weighted by Crippen LogP contribution is -2.23. The Balaban J connectivity index is 2.24. The van der Waals surface area contributed by atoms with Crippen molar-refractivity contribution in [1.29, 1.82) is 0 Å². The molecule has 2 aromatic rings. The van der Waals surface area contributed by atoms with Gasteiger partial charge in [-0.1, -0.05) is 43.3 Å². The second kappa shape index (κ2) is 6.48. The molecular weight excluding hydrogens is 237 g/mol. The normalized spacial score (nSPS) is 12.4. The van der Waals surface area contributed by atoms with Gasteiger partial charge in [0, 0.05) is 6.04 Å². The van der Waals surface area contributed by atoms with Gasteiger partial charge in [0.2, 0.25) is 0 Å². The summed E-state index contributed by atoms with van der Waals surface area (Å²) in [7, 11) is 0. The van der Waals surface area contributed by atoms with Gasteiger partial charge in [-0.05, 0) is 48.7 Å². The molecule has 0 aliphatic rings. The Kier molecular flexibility index (Phi) is 4.69. The Bertz CT molecular complexity index is 536. The zero-order valence-electron chi connectivity index (χ0n) is 11.5. The quantitative estimate of drug-likeness (QED) is 0.852. The second-order valence-electron chi connectivity index (χ2n) is 4.80. The first-order valence-corrected chi connectivity index (χ1v) is 6.74. The number of aryl methyl sites for hydroxylation is 1. The van der Waals surface area contributed by atoms with Gasteiger partial charge in [-0.25, -0.2) is 4.39 Å². The van der Waals surface area contributed by atoms with Gasteiger partial charge in [0.25, 0.3) is 0 Å². The summed E-state index contributed by atoms with van der Waals surface area (Å²) in [6, 6.07) is 15.4. The molecule has 0 aliphatic heterocycles. The van der Waals surface area contributed by atoms with E-state index in [9.17, 15) is 4.39 Å². The molecule has 0 fully saturated rings. The van der Waals surface area contributed by atoms with Gasteiger partial charge in [0.05, 0.1) is 0 Å². The minimum atomic E-state index is -0.169. The van der Waals surface area contributed by atoms with Gasteiger partial charge in [0.1, 0.15) is 5.82 Å². The third-order valence-corrected chi connectivity index (χ3v) is 3.34. The zero-order chi connectivity index (χ0) is 13.7. The fraction of sp³-hybridized carbons (Fsp3) is 0.294. The third kappa shape index (κ3) is 3.65. The Hall–Kier alpha value is -1.67. The number of halogens is 1. The maximum Gasteiger partial charge on any atom is 0.123 e. The minimum Gasteiger partial charge on any atom is -0.310 e. The largest absolute Gasteiger partial charge is 0.310 e. The molecule has 0 saturated heterocycles. The Labute approximate surface area is 114 Å². The molecule has 0 radical (unpaired) electrons. The first kappa shape index (κ1) is 13.8. The van der Waals surface area contributed by atoms with Crippen LogP contribution in [0.3, 0.4) is 0 Å². The van der Waals surface area contributed by atoms with Crippen molar-refractivity contribution in [2.45, 2.75) is 26.3 Å². The standard InChI is InChI=1S/C17H20FN/c1-3-19-17(16-10-5-4-7-13(16)2)12-14-8-6-9-15(18)11-14/h4-11,17,19H,3,12H2,1-2H3. The summed E-state index contributed by atoms with van der Waals surface area (Å²) in [6.07, 6.45) is 0.802. The molecule has 0 amide bonds. The van der Waals surface area contributed by atoms with Gasteiger partial charge < -0.3 is 5.32 Å². The molecule has 0 spiro atoms. The number of hydrogen-bond acceptors (Lipinski definition) is 1. The monoisotopic (exact) mass is 257 g/mol. The molecule has 1 atom stereocenters. The van der Waals surface area contributed by atoms with Gasteiger partial charge in [-0.3, -0.25) is 0 Å². The minimum absolute atomic E-state index is 0.169. The van der Waals surface area contributed by atoms with Crippen LogP contribution in [-0.2, 0) is 6.42 Å². The van der Waals surface area contributed by atoms with E-state index in [0.29, 0.717) is 0 Å². The number of nitrogens with one attached hydrogen (secondary N) is 1. The molecule has 2 heteroatoms. The van der Waals surface area contributed by atoms with Crippen LogP contribution < -0.4 is 5.32 Å². The summed E-state index contributed by atoms with van der Waals surface area (Å²) >= 11 is 0. The van der Waals surface area contributed by atoms with E-state index in [1.54, 1.807) is 12.1 Å². The number of hydrogen-bond donors (Lipinski definition) is 1. The van der Waals surface area contributed by atoms with Crippen molar-refractivity contribution in [2.24, 2.45) is 0 Å². The van der Waals surface area contributed by atoms with E-state index in [-0.39, 0.29) is 11.9 Å². The first-order chi connectivity index (χ1) is 9.20. The summed E-state index contributed by atoms with van der Waals surface area (Å²) in [5, 5.41) is 3.49. The number of likely N-dealkylation sites (N-methyl/N-ethyl adjacent to an activating group) is 1. The van der Waals surface area contributed by atoms with Crippen molar-refractivity contribution in [3.63, 3.8) is 0 Å². The van der Waals surface area contributed by atoms with E-state index < -0.39 is 0 Å². The van der Waals surface area contributed by atoms with Gasteiger partial charge in [-0.15, -0.1) is 0 Å². The van der Waals surface area contributed by atoms with Crippen molar-refractivity contribution in [3.05, 3.63) is 71.0 Å². The number of benzene rings is 2. The van der Waals surface area contributed by atoms with Crippen LogP contribution in [0.5, 0.6) is 0 Å². The van der Waals surface area contributed by atoms with E-state index in [2.05, 4.69) is 37.4 Å². The molecule has 100 valence electrons. The number of rotatable bonds is 5. The molecule has 0 saturated carbocycles. The lowest BCUT2D eigenvalue weighted by molar-refractivity contribution is 0.544. The molecule has 0 aliphatic carbocycles. The van der Waals surface area contributed by atoms with E-state index >= 15 is 0 Å². The van der Waals surface area contributed by atoms with E-state index in [1.165, 1.54) is 17.2 Å². The van der Waals surface area contributed by atoms with Crippen molar-refractivity contribution in [3.8, 4) is 0 Å². The van der Waals surface area contributed by atoms with Crippen LogP contribution in [0.4, 0.5) is 4.39 Å². The SMILES string of the molecule is CCNC(Cc1cccc(F)c1)c1ccccc1C. The predicted octanol–water partition coefficient (Wildman–Crippen LogP) is 4.03. The van der Waals surface area contributed by atoms with E-state index in [0.717, 1.165) is 18.5 Å². The van der Waals surface area contributed by atoms with Gasteiger partial charge in [-0.2, -0.15) is 0 Å². The molecule has 0 heterocycles. The van der Waals surface area contributed by atoms with Crippen LogP contribution in [0.2, 0.25) is 0 Å². The maximum absolute atomic E-state index is 13.3. The Morgan fingerprint density at radius 1 is 1.11 bits per heavy atom.